The van der Waals surface area contributed by atoms with Crippen LogP contribution in [0.15, 0.2) is 65.6 Å². The van der Waals surface area contributed by atoms with E-state index in [4.69, 9.17) is 30.5 Å². The maximum Gasteiger partial charge on any atom is 0.293 e. The van der Waals surface area contributed by atoms with Crippen LogP contribution in [0, 0.1) is 3.57 Å². The first-order chi connectivity index (χ1) is 17.9. The molecule has 0 bridgehead atoms. The third-order valence-electron chi connectivity index (χ3n) is 5.39. The van der Waals surface area contributed by atoms with Gasteiger partial charge in [-0.2, -0.15) is 0 Å². The Morgan fingerprint density at radius 1 is 0.946 bits per heavy atom. The van der Waals surface area contributed by atoms with Crippen LogP contribution in [0.25, 0.3) is 6.08 Å². The highest BCUT2D eigenvalue weighted by molar-refractivity contribution is 14.1. The van der Waals surface area contributed by atoms with Gasteiger partial charge in [-0.05, 0) is 76.3 Å². The monoisotopic (exact) mass is 651 g/mol. The Hall–Kier alpha value is -2.89. The minimum absolute atomic E-state index is 0.121. The summed E-state index contributed by atoms with van der Waals surface area (Å²) in [5, 5.41) is 0.276. The topological polar surface area (TPSA) is 74.3 Å². The SMILES string of the molecule is COc1ccccc1OCCN1C(=O)S/C(=C\c2cc(I)c(OCc3ccccc3Cl)c(OC)c2)C1=O. The number of carbonyl (C=O) groups is 2. The van der Waals surface area contributed by atoms with Crippen molar-refractivity contribution in [1.82, 2.24) is 4.90 Å². The van der Waals surface area contributed by atoms with Crippen LogP contribution in [0.1, 0.15) is 11.1 Å². The number of halogens is 2. The van der Waals surface area contributed by atoms with Gasteiger partial charge in [0.1, 0.15) is 13.2 Å². The second kappa shape index (κ2) is 12.6. The highest BCUT2D eigenvalue weighted by Gasteiger charge is 2.35. The smallest absolute Gasteiger partial charge is 0.293 e. The van der Waals surface area contributed by atoms with Crippen molar-refractivity contribution in [3.05, 3.63) is 85.3 Å². The number of amides is 2. The average Bonchev–Trinajstić information content (AvgIpc) is 3.16. The maximum atomic E-state index is 12.9. The van der Waals surface area contributed by atoms with E-state index in [0.717, 1.165) is 20.9 Å². The molecule has 192 valence electrons. The molecule has 2 amide bonds. The van der Waals surface area contributed by atoms with Crippen LogP contribution >= 0.6 is 46.0 Å². The molecule has 1 fully saturated rings. The summed E-state index contributed by atoms with van der Waals surface area (Å²) in [7, 11) is 3.10. The zero-order chi connectivity index (χ0) is 26.4. The molecule has 10 heteroatoms. The van der Waals surface area contributed by atoms with Crippen molar-refractivity contribution in [1.29, 1.82) is 0 Å². The predicted molar refractivity (Wildman–Crippen MR) is 153 cm³/mol. The van der Waals surface area contributed by atoms with Gasteiger partial charge in [-0.15, -0.1) is 0 Å². The van der Waals surface area contributed by atoms with Crippen molar-refractivity contribution < 1.29 is 28.5 Å². The lowest BCUT2D eigenvalue weighted by Crippen LogP contribution is -2.32. The first-order valence-electron chi connectivity index (χ1n) is 11.2. The van der Waals surface area contributed by atoms with E-state index in [1.165, 1.54) is 4.90 Å². The Bertz CT molecular complexity index is 1350. The molecule has 0 spiro atoms. The molecular formula is C27H23ClINO6S. The molecule has 37 heavy (non-hydrogen) atoms. The van der Waals surface area contributed by atoms with Crippen LogP contribution in [0.3, 0.4) is 0 Å². The molecule has 0 unspecified atom stereocenters. The molecule has 1 heterocycles. The number of ether oxygens (including phenoxy) is 4. The van der Waals surface area contributed by atoms with E-state index in [1.807, 2.05) is 42.5 Å². The summed E-state index contributed by atoms with van der Waals surface area (Å²) in [5.74, 6) is 1.84. The van der Waals surface area contributed by atoms with Crippen LogP contribution in [0.5, 0.6) is 23.0 Å². The minimum atomic E-state index is -0.369. The first kappa shape index (κ1) is 27.2. The Kier molecular flexibility index (Phi) is 9.23. The molecule has 0 aliphatic carbocycles. The van der Waals surface area contributed by atoms with E-state index < -0.39 is 0 Å². The molecule has 7 nitrogen and oxygen atoms in total. The van der Waals surface area contributed by atoms with Crippen molar-refractivity contribution in [3.63, 3.8) is 0 Å². The number of imide groups is 1. The lowest BCUT2D eigenvalue weighted by Gasteiger charge is -2.15. The van der Waals surface area contributed by atoms with Crippen LogP contribution in [-0.2, 0) is 11.4 Å². The minimum Gasteiger partial charge on any atom is -0.493 e. The van der Waals surface area contributed by atoms with Crippen LogP contribution < -0.4 is 18.9 Å². The van der Waals surface area contributed by atoms with Gasteiger partial charge < -0.3 is 18.9 Å². The maximum absolute atomic E-state index is 12.9. The molecule has 0 saturated carbocycles. The second-order valence-electron chi connectivity index (χ2n) is 7.75. The quantitative estimate of drug-likeness (QED) is 0.179. The summed E-state index contributed by atoms with van der Waals surface area (Å²) in [4.78, 5) is 27.0. The zero-order valence-electron chi connectivity index (χ0n) is 20.0. The largest absolute Gasteiger partial charge is 0.493 e. The Morgan fingerprint density at radius 3 is 2.38 bits per heavy atom. The Labute approximate surface area is 237 Å². The number of benzene rings is 3. The summed E-state index contributed by atoms with van der Waals surface area (Å²) in [6, 6.07) is 18.3. The number of hydrogen-bond acceptors (Lipinski definition) is 7. The molecule has 0 radical (unpaired) electrons. The summed E-state index contributed by atoms with van der Waals surface area (Å²) in [6.07, 6.45) is 1.68. The van der Waals surface area contributed by atoms with E-state index in [1.54, 1.807) is 38.5 Å². The fourth-order valence-corrected chi connectivity index (χ4v) is 5.39. The van der Waals surface area contributed by atoms with Crippen LogP contribution in [0.2, 0.25) is 5.02 Å². The Balaban J connectivity index is 1.45. The van der Waals surface area contributed by atoms with E-state index in [0.29, 0.717) is 38.5 Å². The molecule has 1 saturated heterocycles. The molecule has 3 aromatic rings. The van der Waals surface area contributed by atoms with E-state index >= 15 is 0 Å². The number of para-hydroxylation sites is 2. The van der Waals surface area contributed by atoms with Crippen molar-refractivity contribution in [2.75, 3.05) is 27.4 Å². The first-order valence-corrected chi connectivity index (χ1v) is 13.4. The average molecular weight is 652 g/mol. The van der Waals surface area contributed by atoms with E-state index in [9.17, 15) is 9.59 Å². The summed E-state index contributed by atoms with van der Waals surface area (Å²) in [6.45, 7) is 0.547. The third kappa shape index (κ3) is 6.52. The lowest BCUT2D eigenvalue weighted by molar-refractivity contribution is -0.123. The number of thioether (sulfide) groups is 1. The van der Waals surface area contributed by atoms with Gasteiger partial charge in [-0.3, -0.25) is 14.5 Å². The predicted octanol–water partition coefficient (Wildman–Crippen LogP) is 6.66. The van der Waals surface area contributed by atoms with Gasteiger partial charge in [0.15, 0.2) is 23.0 Å². The summed E-state index contributed by atoms with van der Waals surface area (Å²) < 4.78 is 23.3. The number of nitrogens with zero attached hydrogens (tertiary/aromatic N) is 1. The van der Waals surface area contributed by atoms with Gasteiger partial charge in [0, 0.05) is 10.6 Å². The molecule has 1 aliphatic heterocycles. The Morgan fingerprint density at radius 2 is 1.65 bits per heavy atom. The van der Waals surface area contributed by atoms with Crippen molar-refractivity contribution in [2.45, 2.75) is 6.61 Å². The summed E-state index contributed by atoms with van der Waals surface area (Å²) >= 11 is 9.28. The molecule has 1 aliphatic rings. The van der Waals surface area contributed by atoms with E-state index in [-0.39, 0.29) is 30.9 Å². The zero-order valence-corrected chi connectivity index (χ0v) is 23.8. The number of hydrogen-bond donors (Lipinski definition) is 0. The molecule has 0 N–H and O–H groups in total. The number of rotatable bonds is 10. The van der Waals surface area contributed by atoms with Gasteiger partial charge in [-0.1, -0.05) is 41.9 Å². The molecule has 3 aromatic carbocycles. The van der Waals surface area contributed by atoms with Crippen molar-refractivity contribution in [3.8, 4) is 23.0 Å². The van der Waals surface area contributed by atoms with Gasteiger partial charge in [0.05, 0.1) is 29.2 Å². The van der Waals surface area contributed by atoms with Crippen molar-refractivity contribution in [2.24, 2.45) is 0 Å². The molecule has 0 aromatic heterocycles. The van der Waals surface area contributed by atoms with Gasteiger partial charge in [0.25, 0.3) is 11.1 Å². The number of methoxy groups -OCH3 is 2. The molecule has 4 rings (SSSR count). The highest BCUT2D eigenvalue weighted by atomic mass is 127. The highest BCUT2D eigenvalue weighted by Crippen LogP contribution is 2.38. The van der Waals surface area contributed by atoms with Crippen LogP contribution in [-0.4, -0.2) is 43.4 Å². The second-order valence-corrected chi connectivity index (χ2v) is 10.3. The normalized spacial score (nSPS) is 14.3. The van der Waals surface area contributed by atoms with Gasteiger partial charge in [-0.25, -0.2) is 0 Å². The number of carbonyl (C=O) groups excluding carboxylic acids is 2. The third-order valence-corrected chi connectivity index (χ3v) is 7.47. The summed E-state index contributed by atoms with van der Waals surface area (Å²) in [5.41, 5.74) is 1.57. The standard InChI is InChI=1S/C27H23ClINO6S/c1-33-21-9-5-6-10-22(21)35-12-11-30-26(31)24(37-27(30)32)15-17-13-20(29)25(23(14-17)34-2)36-16-18-7-3-4-8-19(18)28/h3-10,13-15H,11-12,16H2,1-2H3/b24-15-. The fraction of sp³-hybridized carbons (Fsp3) is 0.185. The fourth-order valence-electron chi connectivity index (χ4n) is 3.56. The van der Waals surface area contributed by atoms with Crippen molar-refractivity contribution >= 4 is 63.2 Å². The van der Waals surface area contributed by atoms with Gasteiger partial charge >= 0.3 is 0 Å². The van der Waals surface area contributed by atoms with E-state index in [2.05, 4.69) is 22.6 Å². The van der Waals surface area contributed by atoms with Crippen LogP contribution in [0.4, 0.5) is 4.79 Å². The molecule has 0 atom stereocenters. The lowest BCUT2D eigenvalue weighted by atomic mass is 10.1. The van der Waals surface area contributed by atoms with Gasteiger partial charge in [0.2, 0.25) is 0 Å². The molecular weight excluding hydrogens is 629 g/mol.